The van der Waals surface area contributed by atoms with Gasteiger partial charge in [0, 0.05) is 18.3 Å². The highest BCUT2D eigenvalue weighted by atomic mass is 16.5. The number of esters is 1. The van der Waals surface area contributed by atoms with E-state index in [-0.39, 0.29) is 41.0 Å². The first kappa shape index (κ1) is 19.1. The van der Waals surface area contributed by atoms with Crippen LogP contribution in [-0.2, 0) is 14.3 Å². The molecule has 2 N–H and O–H groups in total. The SMILES string of the molecule is C=C1C(=O)[C@@]23[C@H](O)C[C@@H]4C(C)(C)CC[C@H](OC(C)=O)[C@@]4(C)[C@@H]2CC[C@@H]1[C@H]3O. The van der Waals surface area contributed by atoms with Gasteiger partial charge in [-0.25, -0.2) is 0 Å². The van der Waals surface area contributed by atoms with E-state index in [0.29, 0.717) is 18.4 Å². The first-order chi connectivity index (χ1) is 12.5. The molecule has 0 aromatic rings. The van der Waals surface area contributed by atoms with Crippen LogP contribution >= 0.6 is 0 Å². The molecule has 1 spiro atoms. The number of aliphatic hydroxyl groups is 2. The number of ketones is 1. The predicted octanol–water partition coefficient (Wildman–Crippen LogP) is 2.64. The number of carbonyl (C=O) groups excluding carboxylic acids is 2. The van der Waals surface area contributed by atoms with Gasteiger partial charge in [-0.15, -0.1) is 0 Å². The van der Waals surface area contributed by atoms with Crippen molar-refractivity contribution in [2.75, 3.05) is 0 Å². The first-order valence-corrected chi connectivity index (χ1v) is 10.3. The van der Waals surface area contributed by atoms with Gasteiger partial charge in [-0.2, -0.15) is 0 Å². The fraction of sp³-hybridized carbons (Fsp3) is 0.818. The molecule has 0 heterocycles. The quantitative estimate of drug-likeness (QED) is 0.543. The van der Waals surface area contributed by atoms with Crippen molar-refractivity contribution in [3.8, 4) is 0 Å². The molecule has 27 heavy (non-hydrogen) atoms. The van der Waals surface area contributed by atoms with Crippen LogP contribution < -0.4 is 0 Å². The highest BCUT2D eigenvalue weighted by Crippen LogP contribution is 2.71. The van der Waals surface area contributed by atoms with Gasteiger partial charge in [0.05, 0.1) is 17.6 Å². The van der Waals surface area contributed by atoms with Crippen LogP contribution in [0.5, 0.6) is 0 Å². The molecule has 0 aromatic carbocycles. The summed E-state index contributed by atoms with van der Waals surface area (Å²) in [5.41, 5.74) is -1.23. The number of hydrogen-bond acceptors (Lipinski definition) is 5. The molecule has 4 aliphatic rings. The lowest BCUT2D eigenvalue weighted by molar-refractivity contribution is -0.255. The topological polar surface area (TPSA) is 83.8 Å². The zero-order valence-corrected chi connectivity index (χ0v) is 16.8. The molecule has 0 saturated heterocycles. The molecule has 4 aliphatic carbocycles. The second kappa shape index (κ2) is 5.66. The van der Waals surface area contributed by atoms with E-state index >= 15 is 0 Å². The van der Waals surface area contributed by atoms with Gasteiger partial charge in [0.15, 0.2) is 5.78 Å². The van der Waals surface area contributed by atoms with Crippen LogP contribution in [0.2, 0.25) is 0 Å². The normalized spacial score (nSPS) is 50.7. The lowest BCUT2D eigenvalue weighted by Crippen LogP contribution is -2.70. The molecule has 4 saturated carbocycles. The molecule has 0 unspecified atom stereocenters. The predicted molar refractivity (Wildman–Crippen MR) is 99.6 cm³/mol. The maximum atomic E-state index is 13.3. The van der Waals surface area contributed by atoms with E-state index in [0.717, 1.165) is 19.3 Å². The maximum absolute atomic E-state index is 13.3. The Balaban J connectivity index is 1.89. The number of hydrogen-bond donors (Lipinski definition) is 2. The Kier molecular flexibility index (Phi) is 4.01. The minimum absolute atomic E-state index is 0.0333. The third kappa shape index (κ3) is 2.13. The summed E-state index contributed by atoms with van der Waals surface area (Å²) < 4.78 is 5.81. The summed E-state index contributed by atoms with van der Waals surface area (Å²) in [6.07, 6.45) is 1.45. The van der Waals surface area contributed by atoms with Crippen LogP contribution in [0.4, 0.5) is 0 Å². The lowest BCUT2D eigenvalue weighted by Gasteiger charge is -2.66. The third-order valence-corrected chi connectivity index (χ3v) is 8.85. The van der Waals surface area contributed by atoms with Crippen LogP contribution in [-0.4, -0.2) is 40.3 Å². The molecular formula is C22H32O5. The molecule has 4 rings (SSSR count). The van der Waals surface area contributed by atoms with Gasteiger partial charge < -0.3 is 14.9 Å². The smallest absolute Gasteiger partial charge is 0.302 e. The Morgan fingerprint density at radius 3 is 2.44 bits per heavy atom. The van der Waals surface area contributed by atoms with E-state index in [2.05, 4.69) is 27.4 Å². The fourth-order valence-electron chi connectivity index (χ4n) is 7.69. The Bertz CT molecular complexity index is 711. The molecular weight excluding hydrogens is 344 g/mol. The summed E-state index contributed by atoms with van der Waals surface area (Å²) in [5.74, 6) is -0.844. The van der Waals surface area contributed by atoms with E-state index in [1.807, 2.05) is 0 Å². The Hall–Kier alpha value is -1.20. The molecule has 2 bridgehead atoms. The molecule has 0 aliphatic heterocycles. The summed E-state index contributed by atoms with van der Waals surface area (Å²) in [6, 6.07) is 0. The average Bonchev–Trinajstić information content (AvgIpc) is 2.68. The van der Waals surface area contributed by atoms with Crippen molar-refractivity contribution in [3.05, 3.63) is 12.2 Å². The Morgan fingerprint density at radius 1 is 1.15 bits per heavy atom. The molecule has 5 nitrogen and oxygen atoms in total. The van der Waals surface area contributed by atoms with Gasteiger partial charge in [-0.1, -0.05) is 27.4 Å². The highest BCUT2D eigenvalue weighted by molar-refractivity contribution is 6.04. The van der Waals surface area contributed by atoms with Crippen LogP contribution in [0.1, 0.15) is 59.8 Å². The monoisotopic (exact) mass is 376 g/mol. The van der Waals surface area contributed by atoms with E-state index in [4.69, 9.17) is 4.74 Å². The van der Waals surface area contributed by atoms with Crippen molar-refractivity contribution in [2.45, 2.75) is 78.1 Å². The van der Waals surface area contributed by atoms with Gasteiger partial charge in [0.25, 0.3) is 0 Å². The molecule has 5 heteroatoms. The van der Waals surface area contributed by atoms with Gasteiger partial charge in [-0.3, -0.25) is 9.59 Å². The van der Waals surface area contributed by atoms with Crippen molar-refractivity contribution in [1.82, 2.24) is 0 Å². The summed E-state index contributed by atoms with van der Waals surface area (Å²) in [6.45, 7) is 11.9. The van der Waals surface area contributed by atoms with E-state index in [1.54, 1.807) is 0 Å². The summed E-state index contributed by atoms with van der Waals surface area (Å²) in [5, 5.41) is 22.4. The molecule has 150 valence electrons. The van der Waals surface area contributed by atoms with Crippen molar-refractivity contribution >= 4 is 11.8 Å². The van der Waals surface area contributed by atoms with Crippen molar-refractivity contribution in [3.63, 3.8) is 0 Å². The van der Waals surface area contributed by atoms with E-state index < -0.39 is 23.0 Å². The molecule has 0 radical (unpaired) electrons. The van der Waals surface area contributed by atoms with Crippen LogP contribution in [0, 0.1) is 34.0 Å². The number of fused-ring (bicyclic) bond motifs is 3. The first-order valence-electron chi connectivity index (χ1n) is 10.3. The lowest BCUT2D eigenvalue weighted by atomic mass is 9.39. The number of Topliss-reactive ketones (excluding diaryl/α,β-unsaturated/α-hetero) is 1. The fourth-order valence-corrected chi connectivity index (χ4v) is 7.69. The Morgan fingerprint density at radius 2 is 1.81 bits per heavy atom. The maximum Gasteiger partial charge on any atom is 0.302 e. The second-order valence-electron chi connectivity index (χ2n) is 10.3. The van der Waals surface area contributed by atoms with Crippen LogP contribution in [0.3, 0.4) is 0 Å². The molecule has 4 fully saturated rings. The summed E-state index contributed by atoms with van der Waals surface area (Å²) in [4.78, 5) is 25.2. The second-order valence-corrected chi connectivity index (χ2v) is 10.3. The van der Waals surface area contributed by atoms with Gasteiger partial charge in [-0.05, 0) is 54.9 Å². The largest absolute Gasteiger partial charge is 0.462 e. The van der Waals surface area contributed by atoms with Crippen LogP contribution in [0.25, 0.3) is 0 Å². The van der Waals surface area contributed by atoms with Gasteiger partial charge >= 0.3 is 5.97 Å². The van der Waals surface area contributed by atoms with Crippen LogP contribution in [0.15, 0.2) is 12.2 Å². The highest BCUT2D eigenvalue weighted by Gasteiger charge is 2.75. The minimum atomic E-state index is -1.20. The van der Waals surface area contributed by atoms with Crippen molar-refractivity contribution in [1.29, 1.82) is 0 Å². The molecule has 8 atom stereocenters. The number of rotatable bonds is 1. The number of carbonyl (C=O) groups is 2. The van der Waals surface area contributed by atoms with E-state index in [9.17, 15) is 19.8 Å². The summed E-state index contributed by atoms with van der Waals surface area (Å²) in [7, 11) is 0. The summed E-state index contributed by atoms with van der Waals surface area (Å²) >= 11 is 0. The van der Waals surface area contributed by atoms with Crippen molar-refractivity contribution < 1.29 is 24.5 Å². The van der Waals surface area contributed by atoms with Gasteiger partial charge in [0.1, 0.15) is 6.10 Å². The average molecular weight is 376 g/mol. The Labute approximate surface area is 161 Å². The number of aliphatic hydroxyl groups excluding tert-OH is 2. The zero-order valence-electron chi connectivity index (χ0n) is 16.8. The number of ether oxygens (including phenoxy) is 1. The zero-order chi connectivity index (χ0) is 19.9. The minimum Gasteiger partial charge on any atom is -0.462 e. The molecule has 0 amide bonds. The standard InChI is InChI=1S/C22H32O5/c1-11-13-6-7-14-21(5)15(10-16(24)22(14,18(11)25)19(13)26)20(3,4)9-8-17(21)27-12(2)23/h13-17,19,24,26H,1,6-10H2,2-5H3/t13-,14-,15+,16+,17-,19+,21-,22-/m0/s1. The van der Waals surface area contributed by atoms with Gasteiger partial charge in [0.2, 0.25) is 0 Å². The van der Waals surface area contributed by atoms with E-state index in [1.165, 1.54) is 6.92 Å². The van der Waals surface area contributed by atoms with Crippen molar-refractivity contribution in [2.24, 2.45) is 34.0 Å². The third-order valence-electron chi connectivity index (χ3n) is 8.85. The molecule has 0 aromatic heterocycles.